The first-order valence-corrected chi connectivity index (χ1v) is 11.9. The number of hydrogen-bond donors (Lipinski definition) is 2. The van der Waals surface area contributed by atoms with Crippen molar-refractivity contribution in [1.29, 1.82) is 0 Å². The quantitative estimate of drug-likeness (QED) is 0.465. The summed E-state index contributed by atoms with van der Waals surface area (Å²) in [6.45, 7) is 5.85. The van der Waals surface area contributed by atoms with E-state index in [4.69, 9.17) is 14.2 Å². The summed E-state index contributed by atoms with van der Waals surface area (Å²) in [5.74, 6) is -1.28. The van der Waals surface area contributed by atoms with Gasteiger partial charge in [0, 0.05) is 18.6 Å². The number of nitrogens with zero attached hydrogens (tertiary/aromatic N) is 1. The fourth-order valence-electron chi connectivity index (χ4n) is 4.61. The molecule has 10 heteroatoms. The predicted molar refractivity (Wildman–Crippen MR) is 126 cm³/mol. The van der Waals surface area contributed by atoms with Gasteiger partial charge in [-0.2, -0.15) is 0 Å². The van der Waals surface area contributed by atoms with Crippen molar-refractivity contribution in [2.24, 2.45) is 5.92 Å². The highest BCUT2D eigenvalue weighted by Gasteiger charge is 2.45. The largest absolute Gasteiger partial charge is 0.469 e. The van der Waals surface area contributed by atoms with E-state index in [1.807, 2.05) is 30.3 Å². The Balaban J connectivity index is 1.56. The Kier molecular flexibility index (Phi) is 8.58. The zero-order chi connectivity index (χ0) is 25.6. The number of carbonyl (C=O) groups excluding carboxylic acids is 4. The lowest BCUT2D eigenvalue weighted by molar-refractivity contribution is -0.151. The first-order valence-electron chi connectivity index (χ1n) is 11.9. The average Bonchev–Trinajstić information content (AvgIpc) is 3.16. The molecule has 192 valence electrons. The summed E-state index contributed by atoms with van der Waals surface area (Å²) in [5, 5.41) is 5.46. The first kappa shape index (κ1) is 26.3. The molecule has 1 saturated carbocycles. The maximum Gasteiger partial charge on any atom is 0.408 e. The highest BCUT2D eigenvalue weighted by atomic mass is 16.6. The van der Waals surface area contributed by atoms with E-state index in [0.717, 1.165) is 5.56 Å². The fraction of sp³-hybridized carbons (Fsp3) is 0.600. The third-order valence-corrected chi connectivity index (χ3v) is 6.18. The molecule has 1 aliphatic heterocycles. The molecule has 3 rings (SSSR count). The van der Waals surface area contributed by atoms with Crippen LogP contribution >= 0.6 is 0 Å². The molecule has 0 unspecified atom stereocenters. The number of benzene rings is 1. The van der Waals surface area contributed by atoms with Crippen molar-refractivity contribution in [3.8, 4) is 0 Å². The van der Waals surface area contributed by atoms with E-state index in [1.165, 1.54) is 7.11 Å². The molecule has 1 aliphatic carbocycles. The average molecular weight is 490 g/mol. The van der Waals surface area contributed by atoms with Gasteiger partial charge in [-0.25, -0.2) is 9.59 Å². The van der Waals surface area contributed by atoms with E-state index < -0.39 is 35.7 Å². The maximum atomic E-state index is 13.1. The van der Waals surface area contributed by atoms with Crippen molar-refractivity contribution < 1.29 is 33.4 Å². The van der Waals surface area contributed by atoms with Crippen molar-refractivity contribution in [3.63, 3.8) is 0 Å². The van der Waals surface area contributed by atoms with Gasteiger partial charge in [-0.1, -0.05) is 30.3 Å². The van der Waals surface area contributed by atoms with Crippen LogP contribution in [0.3, 0.4) is 0 Å². The van der Waals surface area contributed by atoms with Crippen LogP contribution in [0, 0.1) is 5.92 Å². The Morgan fingerprint density at radius 3 is 2.40 bits per heavy atom. The minimum absolute atomic E-state index is 0.108. The second-order valence-electron chi connectivity index (χ2n) is 9.93. The van der Waals surface area contributed by atoms with E-state index in [9.17, 15) is 19.2 Å². The van der Waals surface area contributed by atoms with Crippen LogP contribution in [0.2, 0.25) is 0 Å². The molecule has 1 aromatic rings. The van der Waals surface area contributed by atoms with Crippen LogP contribution in [0.15, 0.2) is 30.3 Å². The Labute approximate surface area is 205 Å². The van der Waals surface area contributed by atoms with Gasteiger partial charge in [0.05, 0.1) is 13.0 Å². The second-order valence-corrected chi connectivity index (χ2v) is 9.93. The zero-order valence-electron chi connectivity index (χ0n) is 20.7. The SMILES string of the molecule is COC(=O)[C@@H]1C[C@H](NC(=O)OC(C)(C)C)CC[C@@H]1N1CC[C@H](NC(=O)OCc2ccccc2)C1=O. The number of alkyl carbamates (subject to hydrolysis) is 2. The lowest BCUT2D eigenvalue weighted by Crippen LogP contribution is -2.53. The zero-order valence-corrected chi connectivity index (χ0v) is 20.7. The summed E-state index contributed by atoms with van der Waals surface area (Å²) < 4.78 is 15.6. The van der Waals surface area contributed by atoms with Gasteiger partial charge in [0.25, 0.3) is 0 Å². The van der Waals surface area contributed by atoms with Crippen LogP contribution in [-0.2, 0) is 30.4 Å². The van der Waals surface area contributed by atoms with E-state index in [-0.39, 0.29) is 24.6 Å². The Bertz CT molecular complexity index is 915. The predicted octanol–water partition coefficient (Wildman–Crippen LogP) is 2.75. The highest BCUT2D eigenvalue weighted by Crippen LogP contribution is 2.32. The Hall–Kier alpha value is -3.30. The highest BCUT2D eigenvalue weighted by molar-refractivity contribution is 5.88. The molecule has 1 saturated heterocycles. The maximum absolute atomic E-state index is 13.1. The van der Waals surface area contributed by atoms with E-state index in [2.05, 4.69) is 10.6 Å². The van der Waals surface area contributed by atoms with Crippen LogP contribution in [0.4, 0.5) is 9.59 Å². The van der Waals surface area contributed by atoms with Crippen molar-refractivity contribution in [2.45, 2.75) is 76.8 Å². The smallest absolute Gasteiger partial charge is 0.408 e. The van der Waals surface area contributed by atoms with Crippen LogP contribution in [-0.4, -0.2) is 66.3 Å². The second kappa shape index (κ2) is 11.4. The normalized spacial score (nSPS) is 24.5. The number of likely N-dealkylation sites (tertiary alicyclic amines) is 1. The standard InChI is InChI=1S/C25H35N3O7/c1-25(2,3)35-24(32)26-17-10-11-20(18(14-17)22(30)33-4)28-13-12-19(21(28)29)27-23(31)34-15-16-8-6-5-7-9-16/h5-9,17-20H,10-15H2,1-4H3,(H,26,32)(H,27,31)/t17-,18-,19+,20+/m1/s1. The van der Waals surface area contributed by atoms with Crippen molar-refractivity contribution >= 4 is 24.1 Å². The topological polar surface area (TPSA) is 123 Å². The summed E-state index contributed by atoms with van der Waals surface area (Å²) in [7, 11) is 1.31. The van der Waals surface area contributed by atoms with Crippen molar-refractivity contribution in [1.82, 2.24) is 15.5 Å². The van der Waals surface area contributed by atoms with Gasteiger partial charge >= 0.3 is 18.2 Å². The van der Waals surface area contributed by atoms with Gasteiger partial charge in [0.2, 0.25) is 5.91 Å². The first-order chi connectivity index (χ1) is 16.6. The molecule has 35 heavy (non-hydrogen) atoms. The van der Waals surface area contributed by atoms with E-state index in [1.54, 1.807) is 25.7 Å². The van der Waals surface area contributed by atoms with Gasteiger partial charge in [0.1, 0.15) is 18.2 Å². The molecule has 1 heterocycles. The van der Waals surface area contributed by atoms with Gasteiger partial charge in [-0.15, -0.1) is 0 Å². The lowest BCUT2D eigenvalue weighted by atomic mass is 9.80. The van der Waals surface area contributed by atoms with Gasteiger partial charge in [0.15, 0.2) is 0 Å². The molecule has 1 aromatic carbocycles. The number of esters is 1. The molecule has 0 radical (unpaired) electrons. The van der Waals surface area contributed by atoms with Crippen molar-refractivity contribution in [2.75, 3.05) is 13.7 Å². The molecule has 10 nitrogen and oxygen atoms in total. The van der Waals surface area contributed by atoms with Crippen LogP contribution in [0.1, 0.15) is 52.0 Å². The van der Waals surface area contributed by atoms with Crippen LogP contribution in [0.5, 0.6) is 0 Å². The minimum atomic E-state index is -0.714. The molecule has 3 amide bonds. The lowest BCUT2D eigenvalue weighted by Gasteiger charge is -2.39. The summed E-state index contributed by atoms with van der Waals surface area (Å²) >= 11 is 0. The number of rotatable bonds is 6. The molecular formula is C25H35N3O7. The van der Waals surface area contributed by atoms with Crippen LogP contribution in [0.25, 0.3) is 0 Å². The molecule has 0 aromatic heterocycles. The summed E-state index contributed by atoms with van der Waals surface area (Å²) in [5.41, 5.74) is 0.217. The molecule has 2 aliphatic rings. The van der Waals surface area contributed by atoms with Gasteiger partial charge in [-0.05, 0) is 52.0 Å². The molecule has 0 spiro atoms. The Morgan fingerprint density at radius 1 is 1.03 bits per heavy atom. The van der Waals surface area contributed by atoms with E-state index >= 15 is 0 Å². The Morgan fingerprint density at radius 2 is 1.74 bits per heavy atom. The monoisotopic (exact) mass is 489 g/mol. The number of carbonyl (C=O) groups is 4. The third-order valence-electron chi connectivity index (χ3n) is 6.18. The number of amides is 3. The molecule has 4 atom stereocenters. The van der Waals surface area contributed by atoms with Gasteiger partial charge in [-0.3, -0.25) is 9.59 Å². The number of ether oxygens (including phenoxy) is 3. The molecule has 2 N–H and O–H groups in total. The molecule has 2 fully saturated rings. The van der Waals surface area contributed by atoms with Crippen LogP contribution < -0.4 is 10.6 Å². The molecular weight excluding hydrogens is 454 g/mol. The van der Waals surface area contributed by atoms with Crippen molar-refractivity contribution in [3.05, 3.63) is 35.9 Å². The number of hydrogen-bond acceptors (Lipinski definition) is 7. The summed E-state index contributed by atoms with van der Waals surface area (Å²) in [6.07, 6.45) is 0.639. The minimum Gasteiger partial charge on any atom is -0.469 e. The molecule has 0 bridgehead atoms. The fourth-order valence-corrected chi connectivity index (χ4v) is 4.61. The van der Waals surface area contributed by atoms with E-state index in [0.29, 0.717) is 32.2 Å². The summed E-state index contributed by atoms with van der Waals surface area (Å²) in [4.78, 5) is 51.8. The number of methoxy groups -OCH3 is 1. The third kappa shape index (κ3) is 7.34. The summed E-state index contributed by atoms with van der Waals surface area (Å²) in [6, 6.07) is 7.90. The van der Waals surface area contributed by atoms with Gasteiger partial charge < -0.3 is 29.7 Å². The number of nitrogens with one attached hydrogen (secondary N) is 2.